The maximum absolute atomic E-state index is 12.8. The predicted molar refractivity (Wildman–Crippen MR) is 110 cm³/mol. The number of methoxy groups -OCH3 is 1. The van der Waals surface area contributed by atoms with Crippen molar-refractivity contribution in [3.8, 4) is 5.75 Å². The number of benzene rings is 2. The second kappa shape index (κ2) is 8.03. The molecule has 1 aliphatic heterocycles. The first kappa shape index (κ1) is 18.5. The lowest BCUT2D eigenvalue weighted by atomic mass is 10.1. The van der Waals surface area contributed by atoms with Crippen molar-refractivity contribution < 1.29 is 9.53 Å². The van der Waals surface area contributed by atoms with E-state index in [1.807, 2.05) is 18.2 Å². The predicted octanol–water partition coefficient (Wildman–Crippen LogP) is 3.91. The van der Waals surface area contributed by atoms with Crippen molar-refractivity contribution in [3.63, 3.8) is 0 Å². The van der Waals surface area contributed by atoms with Crippen LogP contribution in [0.3, 0.4) is 0 Å². The summed E-state index contributed by atoms with van der Waals surface area (Å²) in [7, 11) is 1.69. The molecule has 4 nitrogen and oxygen atoms in total. The molecule has 0 bridgehead atoms. The van der Waals surface area contributed by atoms with Crippen LogP contribution in [0, 0.1) is 5.92 Å². The Kier molecular flexibility index (Phi) is 5.50. The minimum Gasteiger partial charge on any atom is -0.497 e. The number of ether oxygens (including phenoxy) is 1. The molecule has 1 amide bonds. The van der Waals surface area contributed by atoms with Gasteiger partial charge in [-0.2, -0.15) is 0 Å². The van der Waals surface area contributed by atoms with E-state index >= 15 is 0 Å². The minimum atomic E-state index is 0.174. The van der Waals surface area contributed by atoms with Crippen molar-refractivity contribution in [2.45, 2.75) is 18.9 Å². The van der Waals surface area contributed by atoms with E-state index in [9.17, 15) is 4.79 Å². The lowest BCUT2D eigenvalue weighted by molar-refractivity contribution is -0.134. The zero-order valence-electron chi connectivity index (χ0n) is 15.6. The summed E-state index contributed by atoms with van der Waals surface area (Å²) in [6.07, 6.45) is 0.987. The molecule has 2 aromatic carbocycles. The maximum atomic E-state index is 12.8. The van der Waals surface area contributed by atoms with Gasteiger partial charge in [-0.25, -0.2) is 0 Å². The van der Waals surface area contributed by atoms with E-state index in [1.165, 1.54) is 11.1 Å². The smallest absolute Gasteiger partial charge is 0.226 e. The summed E-state index contributed by atoms with van der Waals surface area (Å²) in [4.78, 5) is 17.3. The van der Waals surface area contributed by atoms with E-state index in [1.54, 1.807) is 7.11 Å². The van der Waals surface area contributed by atoms with Crippen LogP contribution in [0.15, 0.2) is 53.0 Å². The third-order valence-corrected chi connectivity index (χ3v) is 6.13. The van der Waals surface area contributed by atoms with Crippen molar-refractivity contribution in [1.29, 1.82) is 0 Å². The van der Waals surface area contributed by atoms with Gasteiger partial charge in [0.1, 0.15) is 5.75 Å². The summed E-state index contributed by atoms with van der Waals surface area (Å²) in [6, 6.07) is 16.6. The maximum Gasteiger partial charge on any atom is 0.226 e. The number of carbonyl (C=O) groups excluding carboxylic acids is 1. The van der Waals surface area contributed by atoms with E-state index in [-0.39, 0.29) is 5.92 Å². The fourth-order valence-electron chi connectivity index (χ4n) is 3.92. The molecule has 1 heterocycles. The van der Waals surface area contributed by atoms with E-state index in [2.05, 4.69) is 56.1 Å². The number of amides is 1. The molecule has 27 heavy (non-hydrogen) atoms. The largest absolute Gasteiger partial charge is 0.497 e. The van der Waals surface area contributed by atoms with Crippen molar-refractivity contribution >= 4 is 21.8 Å². The highest BCUT2D eigenvalue weighted by atomic mass is 79.9. The van der Waals surface area contributed by atoms with Gasteiger partial charge in [-0.1, -0.05) is 40.2 Å². The van der Waals surface area contributed by atoms with Crippen LogP contribution in [0.2, 0.25) is 0 Å². The summed E-state index contributed by atoms with van der Waals surface area (Å²) < 4.78 is 6.30. The van der Waals surface area contributed by atoms with Crippen LogP contribution < -0.4 is 4.74 Å². The first-order valence-electron chi connectivity index (χ1n) is 9.53. The van der Waals surface area contributed by atoms with Gasteiger partial charge in [0.25, 0.3) is 0 Å². The molecular formula is C22H25BrN2O2. The van der Waals surface area contributed by atoms with Gasteiger partial charge in [0.15, 0.2) is 0 Å². The number of hydrogen-bond donors (Lipinski definition) is 0. The second-order valence-corrected chi connectivity index (χ2v) is 8.37. The van der Waals surface area contributed by atoms with Crippen molar-refractivity contribution in [1.82, 2.24) is 9.80 Å². The van der Waals surface area contributed by atoms with Crippen molar-refractivity contribution in [3.05, 3.63) is 64.1 Å². The van der Waals surface area contributed by atoms with Gasteiger partial charge >= 0.3 is 0 Å². The average molecular weight is 429 g/mol. The average Bonchev–Trinajstić information content (AvgIpc) is 3.50. The Morgan fingerprint density at radius 3 is 2.52 bits per heavy atom. The topological polar surface area (TPSA) is 32.8 Å². The summed E-state index contributed by atoms with van der Waals surface area (Å²) in [5.41, 5.74) is 2.56. The van der Waals surface area contributed by atoms with Crippen LogP contribution in [0.1, 0.15) is 23.5 Å². The van der Waals surface area contributed by atoms with Gasteiger partial charge in [-0.3, -0.25) is 9.69 Å². The number of carbonyl (C=O) groups is 1. The number of halogens is 1. The monoisotopic (exact) mass is 428 g/mol. The first-order chi connectivity index (χ1) is 13.1. The Labute approximate surface area is 169 Å². The van der Waals surface area contributed by atoms with Crippen molar-refractivity contribution in [2.75, 3.05) is 33.3 Å². The summed E-state index contributed by atoms with van der Waals surface area (Å²) in [5, 5.41) is 0. The molecule has 2 unspecified atom stereocenters. The highest BCUT2D eigenvalue weighted by Gasteiger charge is 2.46. The Morgan fingerprint density at radius 1 is 1.11 bits per heavy atom. The molecule has 0 radical (unpaired) electrons. The number of piperazine rings is 1. The van der Waals surface area contributed by atoms with Crippen LogP contribution in [0.5, 0.6) is 5.75 Å². The number of nitrogens with zero attached hydrogens (tertiary/aromatic N) is 2. The zero-order valence-corrected chi connectivity index (χ0v) is 17.2. The minimum absolute atomic E-state index is 0.174. The molecule has 0 N–H and O–H groups in total. The van der Waals surface area contributed by atoms with Gasteiger partial charge < -0.3 is 9.64 Å². The fraction of sp³-hybridized carbons (Fsp3) is 0.409. The molecule has 4 rings (SSSR count). The van der Waals surface area contributed by atoms with Crippen LogP contribution >= 0.6 is 15.9 Å². The third kappa shape index (κ3) is 4.36. The van der Waals surface area contributed by atoms with Crippen molar-refractivity contribution in [2.24, 2.45) is 5.92 Å². The van der Waals surface area contributed by atoms with Crippen LogP contribution in [-0.4, -0.2) is 49.0 Å². The molecule has 2 aromatic rings. The summed E-state index contributed by atoms with van der Waals surface area (Å²) in [6.45, 7) is 4.46. The van der Waals surface area contributed by atoms with Gasteiger partial charge in [0.05, 0.1) is 7.11 Å². The van der Waals surface area contributed by atoms with E-state index in [4.69, 9.17) is 4.74 Å². The Balaban J connectivity index is 1.27. The normalized spacial score (nSPS) is 22.5. The lowest BCUT2D eigenvalue weighted by Crippen LogP contribution is -2.48. The quantitative estimate of drug-likeness (QED) is 0.723. The second-order valence-electron chi connectivity index (χ2n) is 7.45. The molecule has 142 valence electrons. The number of rotatable bonds is 5. The van der Waals surface area contributed by atoms with Crippen LogP contribution in [0.4, 0.5) is 0 Å². The van der Waals surface area contributed by atoms with Gasteiger partial charge in [-0.05, 0) is 47.7 Å². The zero-order chi connectivity index (χ0) is 18.8. The standard InChI is InChI=1S/C22H25BrN2O2/c1-27-19-7-5-16(6-8-19)15-24-9-11-25(12-10-24)22(26)21-14-20(21)17-3-2-4-18(23)13-17/h2-8,13,20-21H,9-12,14-15H2,1H3. The molecule has 2 atom stereocenters. The first-order valence-corrected chi connectivity index (χ1v) is 10.3. The summed E-state index contributed by atoms with van der Waals surface area (Å²) >= 11 is 3.53. The van der Waals surface area contributed by atoms with Gasteiger partial charge in [0.2, 0.25) is 5.91 Å². The fourth-order valence-corrected chi connectivity index (χ4v) is 4.34. The Hall–Kier alpha value is -1.85. The van der Waals surface area contributed by atoms with E-state index in [0.717, 1.165) is 49.4 Å². The molecule has 0 aromatic heterocycles. The molecule has 2 fully saturated rings. The molecule has 1 saturated heterocycles. The van der Waals surface area contributed by atoms with Crippen LogP contribution in [0.25, 0.3) is 0 Å². The van der Waals surface area contributed by atoms with Gasteiger partial charge in [-0.15, -0.1) is 0 Å². The SMILES string of the molecule is COc1ccc(CN2CCN(C(=O)C3CC3c3cccc(Br)c3)CC2)cc1. The summed E-state index contributed by atoms with van der Waals surface area (Å²) in [5.74, 6) is 1.79. The van der Waals surface area contributed by atoms with Crippen LogP contribution in [-0.2, 0) is 11.3 Å². The lowest BCUT2D eigenvalue weighted by Gasteiger charge is -2.35. The molecule has 5 heteroatoms. The molecule has 2 aliphatic rings. The third-order valence-electron chi connectivity index (χ3n) is 5.63. The van der Waals surface area contributed by atoms with E-state index in [0.29, 0.717) is 11.8 Å². The molecular weight excluding hydrogens is 404 g/mol. The molecule has 1 aliphatic carbocycles. The Bertz CT molecular complexity index is 800. The molecule has 1 saturated carbocycles. The highest BCUT2D eigenvalue weighted by molar-refractivity contribution is 9.10. The molecule has 0 spiro atoms. The highest BCUT2D eigenvalue weighted by Crippen LogP contribution is 2.48. The number of hydrogen-bond acceptors (Lipinski definition) is 3. The Morgan fingerprint density at radius 2 is 1.85 bits per heavy atom. The van der Waals surface area contributed by atoms with E-state index < -0.39 is 0 Å². The van der Waals surface area contributed by atoms with Gasteiger partial charge in [0, 0.05) is 43.1 Å².